The highest BCUT2D eigenvalue weighted by molar-refractivity contribution is 7.99. The molecular weight excluding hydrogens is 476 g/mol. The van der Waals surface area contributed by atoms with Gasteiger partial charge in [-0.05, 0) is 54.5 Å². The quantitative estimate of drug-likeness (QED) is 0.432. The van der Waals surface area contributed by atoms with Gasteiger partial charge in [0, 0.05) is 24.8 Å². The molecule has 3 rings (SSSR count). The molecule has 34 heavy (non-hydrogen) atoms. The number of ether oxygens (including phenoxy) is 4. The fourth-order valence-corrected chi connectivity index (χ4v) is 5.19. The van der Waals surface area contributed by atoms with Gasteiger partial charge in [0.1, 0.15) is 23.4 Å². The van der Waals surface area contributed by atoms with Crippen LogP contribution >= 0.6 is 23.4 Å². The van der Waals surface area contributed by atoms with Crippen molar-refractivity contribution in [1.29, 1.82) is 0 Å². The van der Waals surface area contributed by atoms with Gasteiger partial charge < -0.3 is 18.9 Å². The Morgan fingerprint density at radius 3 is 2.26 bits per heavy atom. The van der Waals surface area contributed by atoms with Gasteiger partial charge in [0.15, 0.2) is 6.10 Å². The Labute approximate surface area is 210 Å². The van der Waals surface area contributed by atoms with E-state index in [9.17, 15) is 9.59 Å². The standard InChI is InChI=1S/C26H31ClO6S/c1-6-30-21-10-7-18(8-11-21)13-20-14-19(9-12-22(20)27)24-25(32-17(4)29)23(31-16(3)28)15(2)26(33-24)34-5/h7-12,14-15,23-26H,6,13H2,1-5H3. The zero-order valence-corrected chi connectivity index (χ0v) is 21.7. The van der Waals surface area contributed by atoms with Gasteiger partial charge in [0.2, 0.25) is 0 Å². The van der Waals surface area contributed by atoms with Crippen LogP contribution in [0, 0.1) is 5.92 Å². The SMILES string of the molecule is CCOc1ccc(Cc2cc(C3OC(SC)C(C)C(OC(C)=O)C3OC(C)=O)ccc2Cl)cc1. The van der Waals surface area contributed by atoms with E-state index < -0.39 is 30.3 Å². The molecular formula is C26H31ClO6S. The molecule has 0 N–H and O–H groups in total. The van der Waals surface area contributed by atoms with Crippen molar-refractivity contribution < 1.29 is 28.5 Å². The van der Waals surface area contributed by atoms with Crippen LogP contribution in [0.15, 0.2) is 42.5 Å². The van der Waals surface area contributed by atoms with E-state index in [1.165, 1.54) is 25.6 Å². The number of benzene rings is 2. The predicted molar refractivity (Wildman–Crippen MR) is 133 cm³/mol. The number of hydrogen-bond acceptors (Lipinski definition) is 7. The van der Waals surface area contributed by atoms with Crippen LogP contribution in [-0.4, -0.2) is 42.4 Å². The van der Waals surface area contributed by atoms with Gasteiger partial charge in [-0.15, -0.1) is 11.8 Å². The van der Waals surface area contributed by atoms with E-state index in [2.05, 4.69) is 0 Å². The van der Waals surface area contributed by atoms with Crippen LogP contribution in [0.5, 0.6) is 5.75 Å². The molecule has 1 aliphatic heterocycles. The maximum Gasteiger partial charge on any atom is 0.303 e. The lowest BCUT2D eigenvalue weighted by Crippen LogP contribution is -2.52. The number of carbonyl (C=O) groups is 2. The van der Waals surface area contributed by atoms with Crippen molar-refractivity contribution in [3.05, 3.63) is 64.2 Å². The Balaban J connectivity index is 1.94. The number of halogens is 1. The van der Waals surface area contributed by atoms with Crippen LogP contribution in [0.4, 0.5) is 0 Å². The molecule has 184 valence electrons. The van der Waals surface area contributed by atoms with E-state index in [1.54, 1.807) is 0 Å². The van der Waals surface area contributed by atoms with Crippen molar-refractivity contribution in [2.24, 2.45) is 5.92 Å². The second-order valence-corrected chi connectivity index (χ2v) is 9.62. The Hall–Kier alpha value is -2.22. The summed E-state index contributed by atoms with van der Waals surface area (Å²) >= 11 is 8.07. The first-order chi connectivity index (χ1) is 16.2. The van der Waals surface area contributed by atoms with Gasteiger partial charge in [-0.1, -0.05) is 42.8 Å². The van der Waals surface area contributed by atoms with Crippen molar-refractivity contribution in [3.63, 3.8) is 0 Å². The molecule has 0 amide bonds. The van der Waals surface area contributed by atoms with Crippen LogP contribution < -0.4 is 4.74 Å². The maximum atomic E-state index is 12.0. The Morgan fingerprint density at radius 2 is 1.68 bits per heavy atom. The molecule has 2 aromatic rings. The van der Waals surface area contributed by atoms with Gasteiger partial charge in [0.05, 0.1) is 6.61 Å². The highest BCUT2D eigenvalue weighted by atomic mass is 35.5. The highest BCUT2D eigenvalue weighted by Crippen LogP contribution is 2.42. The number of esters is 2. The van der Waals surface area contributed by atoms with Crippen molar-refractivity contribution >= 4 is 35.3 Å². The molecule has 0 saturated carbocycles. The van der Waals surface area contributed by atoms with Crippen LogP contribution in [-0.2, 0) is 30.2 Å². The van der Waals surface area contributed by atoms with Crippen LogP contribution in [0.1, 0.15) is 50.5 Å². The maximum absolute atomic E-state index is 12.0. The fourth-order valence-electron chi connectivity index (χ4n) is 4.19. The zero-order valence-electron chi connectivity index (χ0n) is 20.1. The number of thioether (sulfide) groups is 1. The summed E-state index contributed by atoms with van der Waals surface area (Å²) in [5.41, 5.74) is 2.56. The van der Waals surface area contributed by atoms with E-state index in [4.69, 9.17) is 30.5 Å². The van der Waals surface area contributed by atoms with Crippen molar-refractivity contribution in [3.8, 4) is 5.75 Å². The predicted octanol–water partition coefficient (Wildman–Crippen LogP) is 5.59. The minimum Gasteiger partial charge on any atom is -0.494 e. The summed E-state index contributed by atoms with van der Waals surface area (Å²) in [5.74, 6) is -0.245. The summed E-state index contributed by atoms with van der Waals surface area (Å²) in [6.07, 6.45) is 0.522. The lowest BCUT2D eigenvalue weighted by molar-refractivity contribution is -0.211. The van der Waals surface area contributed by atoms with Crippen molar-refractivity contribution in [1.82, 2.24) is 0 Å². The first-order valence-corrected chi connectivity index (χ1v) is 12.9. The van der Waals surface area contributed by atoms with Gasteiger partial charge in [-0.2, -0.15) is 0 Å². The molecule has 0 spiro atoms. The monoisotopic (exact) mass is 506 g/mol. The van der Waals surface area contributed by atoms with Gasteiger partial charge >= 0.3 is 11.9 Å². The summed E-state index contributed by atoms with van der Waals surface area (Å²) in [4.78, 5) is 23.8. The van der Waals surface area contributed by atoms with E-state index in [1.807, 2.05) is 62.6 Å². The van der Waals surface area contributed by atoms with Gasteiger partial charge in [-0.25, -0.2) is 0 Å². The molecule has 2 aromatic carbocycles. The molecule has 5 unspecified atom stereocenters. The third-order valence-corrected chi connectivity index (χ3v) is 7.09. The summed E-state index contributed by atoms with van der Waals surface area (Å²) in [7, 11) is 0. The average Bonchev–Trinajstić information content (AvgIpc) is 2.79. The van der Waals surface area contributed by atoms with E-state index >= 15 is 0 Å². The molecule has 1 saturated heterocycles. The van der Waals surface area contributed by atoms with Crippen molar-refractivity contribution in [2.75, 3.05) is 12.9 Å². The highest BCUT2D eigenvalue weighted by Gasteiger charge is 2.48. The molecule has 0 aromatic heterocycles. The number of carbonyl (C=O) groups excluding carboxylic acids is 2. The molecule has 1 fully saturated rings. The molecule has 8 heteroatoms. The van der Waals surface area contributed by atoms with E-state index in [0.29, 0.717) is 18.1 Å². The molecule has 6 nitrogen and oxygen atoms in total. The molecule has 0 radical (unpaired) electrons. The minimum absolute atomic E-state index is 0.171. The summed E-state index contributed by atoms with van der Waals surface area (Å²) in [6.45, 7) is 7.19. The normalized spacial score (nSPS) is 24.4. The minimum atomic E-state index is -0.778. The Bertz CT molecular complexity index is 995. The second-order valence-electron chi connectivity index (χ2n) is 8.27. The number of rotatable bonds is 8. The van der Waals surface area contributed by atoms with Crippen LogP contribution in [0.25, 0.3) is 0 Å². The largest absolute Gasteiger partial charge is 0.494 e. The number of hydrogen-bond donors (Lipinski definition) is 0. The molecule has 1 heterocycles. The molecule has 1 aliphatic rings. The third kappa shape index (κ3) is 6.46. The average molecular weight is 507 g/mol. The molecule has 5 atom stereocenters. The van der Waals surface area contributed by atoms with Crippen LogP contribution in [0.2, 0.25) is 5.02 Å². The fraction of sp³-hybridized carbons (Fsp3) is 0.462. The lowest BCUT2D eigenvalue weighted by atomic mass is 9.88. The van der Waals surface area contributed by atoms with Gasteiger partial charge in [0.25, 0.3) is 0 Å². The Morgan fingerprint density at radius 1 is 1.03 bits per heavy atom. The lowest BCUT2D eigenvalue weighted by Gasteiger charge is -2.44. The van der Waals surface area contributed by atoms with Gasteiger partial charge in [-0.3, -0.25) is 9.59 Å². The molecule has 0 aliphatic carbocycles. The van der Waals surface area contributed by atoms with Crippen molar-refractivity contribution in [2.45, 2.75) is 57.9 Å². The van der Waals surface area contributed by atoms with E-state index in [0.717, 1.165) is 22.4 Å². The topological polar surface area (TPSA) is 71.1 Å². The summed E-state index contributed by atoms with van der Waals surface area (Å²) < 4.78 is 23.2. The first-order valence-electron chi connectivity index (χ1n) is 11.3. The third-order valence-electron chi connectivity index (χ3n) is 5.71. The second kappa shape index (κ2) is 12.0. The van der Waals surface area contributed by atoms with E-state index in [-0.39, 0.29) is 11.4 Å². The Kier molecular flexibility index (Phi) is 9.28. The summed E-state index contributed by atoms with van der Waals surface area (Å²) in [6, 6.07) is 13.5. The zero-order chi connectivity index (χ0) is 24.8. The summed E-state index contributed by atoms with van der Waals surface area (Å²) in [5, 5.41) is 0.629. The molecule has 0 bridgehead atoms. The smallest absolute Gasteiger partial charge is 0.303 e. The van der Waals surface area contributed by atoms with Crippen LogP contribution in [0.3, 0.4) is 0 Å². The first kappa shape index (κ1) is 26.4.